The van der Waals surface area contributed by atoms with E-state index in [1.165, 1.54) is 0 Å². The fourth-order valence-electron chi connectivity index (χ4n) is 2.30. The van der Waals surface area contributed by atoms with Gasteiger partial charge in [-0.15, -0.1) is 11.6 Å². The normalized spacial score (nSPS) is 21.2. The van der Waals surface area contributed by atoms with Crippen LogP contribution in [0.1, 0.15) is 12.0 Å². The molecule has 1 aliphatic rings. The number of hydrogen-bond acceptors (Lipinski definition) is 3. The van der Waals surface area contributed by atoms with Crippen molar-refractivity contribution in [2.75, 3.05) is 17.4 Å². The van der Waals surface area contributed by atoms with Gasteiger partial charge in [0, 0.05) is 12.6 Å². The van der Waals surface area contributed by atoms with Gasteiger partial charge in [0.25, 0.3) is 0 Å². The molecule has 0 aromatic heterocycles. The Balaban J connectivity index is 2.15. The molecule has 1 fully saturated rings. The van der Waals surface area contributed by atoms with Gasteiger partial charge in [0.2, 0.25) is 5.91 Å². The van der Waals surface area contributed by atoms with Crippen molar-refractivity contribution in [3.63, 3.8) is 0 Å². The minimum absolute atomic E-state index is 0.0441. The van der Waals surface area contributed by atoms with E-state index in [2.05, 4.69) is 0 Å². The lowest BCUT2D eigenvalue weighted by Gasteiger charge is -2.27. The molecule has 1 aromatic rings. The third-order valence-electron chi connectivity index (χ3n) is 3.28. The average Bonchev–Trinajstić information content (AvgIpc) is 2.76. The van der Waals surface area contributed by atoms with Gasteiger partial charge in [-0.05, 0) is 12.0 Å². The molecule has 0 radical (unpaired) electrons. The summed E-state index contributed by atoms with van der Waals surface area (Å²) in [5.41, 5.74) is 0.977. The smallest absolute Gasteiger partial charge is 0.238 e. The highest BCUT2D eigenvalue weighted by Crippen LogP contribution is 2.20. The van der Waals surface area contributed by atoms with E-state index in [4.69, 9.17) is 11.6 Å². The molecule has 1 atom stereocenters. The zero-order chi connectivity index (χ0) is 13.9. The van der Waals surface area contributed by atoms with Crippen LogP contribution in [0.5, 0.6) is 0 Å². The molecule has 1 saturated heterocycles. The fourth-order valence-corrected chi connectivity index (χ4v) is 4.18. The Morgan fingerprint density at radius 2 is 2.00 bits per heavy atom. The Morgan fingerprint density at radius 1 is 1.32 bits per heavy atom. The van der Waals surface area contributed by atoms with E-state index in [-0.39, 0.29) is 29.3 Å². The maximum Gasteiger partial charge on any atom is 0.238 e. The summed E-state index contributed by atoms with van der Waals surface area (Å²) in [6.07, 6.45) is 0.498. The van der Waals surface area contributed by atoms with Crippen molar-refractivity contribution >= 4 is 27.3 Å². The van der Waals surface area contributed by atoms with E-state index in [9.17, 15) is 13.2 Å². The van der Waals surface area contributed by atoms with E-state index in [1.54, 1.807) is 4.90 Å². The van der Waals surface area contributed by atoms with E-state index in [0.717, 1.165) is 5.56 Å². The van der Waals surface area contributed by atoms with Crippen molar-refractivity contribution in [3.05, 3.63) is 35.9 Å². The van der Waals surface area contributed by atoms with Gasteiger partial charge in [-0.25, -0.2) is 8.42 Å². The fraction of sp³-hybridized carbons (Fsp3) is 0.462. The standard InChI is InChI=1S/C13H16ClNO3S/c14-8-13(16)15(9-11-4-2-1-3-5-11)12-6-7-19(17,18)10-12/h1-5,12H,6-10H2/t12-/m1/s1. The first-order chi connectivity index (χ1) is 9.02. The largest absolute Gasteiger partial charge is 0.333 e. The van der Waals surface area contributed by atoms with E-state index in [0.29, 0.717) is 13.0 Å². The molecule has 0 saturated carbocycles. The van der Waals surface area contributed by atoms with Crippen LogP contribution < -0.4 is 0 Å². The second-order valence-electron chi connectivity index (χ2n) is 4.70. The molecule has 0 unspecified atom stereocenters. The van der Waals surface area contributed by atoms with Gasteiger partial charge in [0.1, 0.15) is 5.88 Å². The molecule has 104 valence electrons. The Hall–Kier alpha value is -1.07. The van der Waals surface area contributed by atoms with Crippen molar-refractivity contribution in [2.24, 2.45) is 0 Å². The number of amides is 1. The third kappa shape index (κ3) is 3.70. The van der Waals surface area contributed by atoms with Gasteiger partial charge in [0.15, 0.2) is 9.84 Å². The average molecular weight is 302 g/mol. The lowest BCUT2D eigenvalue weighted by molar-refractivity contribution is -0.131. The van der Waals surface area contributed by atoms with Crippen molar-refractivity contribution in [3.8, 4) is 0 Å². The van der Waals surface area contributed by atoms with Gasteiger partial charge in [0.05, 0.1) is 11.5 Å². The highest BCUT2D eigenvalue weighted by atomic mass is 35.5. The Bertz CT molecular complexity index is 544. The maximum absolute atomic E-state index is 11.9. The molecule has 2 rings (SSSR count). The molecular weight excluding hydrogens is 286 g/mol. The highest BCUT2D eigenvalue weighted by molar-refractivity contribution is 7.91. The molecule has 1 aliphatic heterocycles. The van der Waals surface area contributed by atoms with Crippen LogP contribution in [0.15, 0.2) is 30.3 Å². The molecule has 1 aromatic carbocycles. The number of nitrogens with zero attached hydrogens (tertiary/aromatic N) is 1. The zero-order valence-electron chi connectivity index (χ0n) is 10.5. The number of halogens is 1. The quantitative estimate of drug-likeness (QED) is 0.791. The molecule has 0 bridgehead atoms. The SMILES string of the molecule is O=C(CCl)N(Cc1ccccc1)[C@@H]1CCS(=O)(=O)C1. The lowest BCUT2D eigenvalue weighted by Crippen LogP contribution is -2.41. The van der Waals surface area contributed by atoms with Crippen molar-refractivity contribution in [1.29, 1.82) is 0 Å². The number of benzene rings is 1. The van der Waals surface area contributed by atoms with Crippen LogP contribution in [0.4, 0.5) is 0 Å². The van der Waals surface area contributed by atoms with Crippen LogP contribution in [0.3, 0.4) is 0 Å². The number of carbonyl (C=O) groups is 1. The van der Waals surface area contributed by atoms with E-state index in [1.807, 2.05) is 30.3 Å². The summed E-state index contributed by atoms with van der Waals surface area (Å²) in [5.74, 6) is -0.141. The molecule has 19 heavy (non-hydrogen) atoms. The molecule has 0 N–H and O–H groups in total. The Morgan fingerprint density at radius 3 is 2.53 bits per heavy atom. The second kappa shape index (κ2) is 5.92. The summed E-state index contributed by atoms with van der Waals surface area (Å²) in [5, 5.41) is 0. The Labute approximate surface area is 118 Å². The monoisotopic (exact) mass is 301 g/mol. The number of carbonyl (C=O) groups excluding carboxylic acids is 1. The third-order valence-corrected chi connectivity index (χ3v) is 5.26. The maximum atomic E-state index is 11.9. The minimum Gasteiger partial charge on any atom is -0.333 e. The first-order valence-electron chi connectivity index (χ1n) is 6.11. The highest BCUT2D eigenvalue weighted by Gasteiger charge is 2.34. The van der Waals surface area contributed by atoms with E-state index < -0.39 is 9.84 Å². The Kier molecular flexibility index (Phi) is 4.47. The minimum atomic E-state index is -3.01. The van der Waals surface area contributed by atoms with Crippen molar-refractivity contribution in [2.45, 2.75) is 19.0 Å². The molecule has 4 nitrogen and oxygen atoms in total. The van der Waals surface area contributed by atoms with Crippen LogP contribution in [0.25, 0.3) is 0 Å². The summed E-state index contributed by atoms with van der Waals surface area (Å²) < 4.78 is 23.1. The van der Waals surface area contributed by atoms with Crippen LogP contribution in [-0.2, 0) is 21.2 Å². The predicted octanol–water partition coefficient (Wildman–Crippen LogP) is 1.44. The summed E-state index contributed by atoms with van der Waals surface area (Å²) in [4.78, 5) is 13.5. The van der Waals surface area contributed by atoms with Gasteiger partial charge >= 0.3 is 0 Å². The van der Waals surface area contributed by atoms with E-state index >= 15 is 0 Å². The van der Waals surface area contributed by atoms with Crippen molar-refractivity contribution < 1.29 is 13.2 Å². The zero-order valence-corrected chi connectivity index (χ0v) is 12.0. The molecule has 0 spiro atoms. The molecule has 6 heteroatoms. The molecule has 0 aliphatic carbocycles. The van der Waals surface area contributed by atoms with Crippen molar-refractivity contribution in [1.82, 2.24) is 4.90 Å². The lowest BCUT2D eigenvalue weighted by atomic mass is 10.1. The first kappa shape index (κ1) is 14.3. The summed E-state index contributed by atoms with van der Waals surface area (Å²) in [7, 11) is -3.01. The topological polar surface area (TPSA) is 54.5 Å². The number of alkyl halides is 1. The van der Waals surface area contributed by atoms with Gasteiger partial charge in [-0.1, -0.05) is 30.3 Å². The second-order valence-corrected chi connectivity index (χ2v) is 7.19. The van der Waals surface area contributed by atoms with Gasteiger partial charge in [-0.3, -0.25) is 4.79 Å². The summed E-state index contributed by atoms with van der Waals surface area (Å²) >= 11 is 5.62. The van der Waals surface area contributed by atoms with Crippen LogP contribution in [0.2, 0.25) is 0 Å². The van der Waals surface area contributed by atoms with Crippen LogP contribution >= 0.6 is 11.6 Å². The number of hydrogen-bond donors (Lipinski definition) is 0. The number of sulfone groups is 1. The first-order valence-corrected chi connectivity index (χ1v) is 8.47. The summed E-state index contributed by atoms with van der Waals surface area (Å²) in [6.45, 7) is 0.409. The predicted molar refractivity (Wildman–Crippen MR) is 74.8 cm³/mol. The summed E-state index contributed by atoms with van der Waals surface area (Å²) in [6, 6.07) is 9.26. The van der Waals surface area contributed by atoms with Crippen LogP contribution in [0, 0.1) is 0 Å². The van der Waals surface area contributed by atoms with Gasteiger partial charge in [-0.2, -0.15) is 0 Å². The van der Waals surface area contributed by atoms with Crippen LogP contribution in [-0.4, -0.2) is 42.7 Å². The number of rotatable bonds is 4. The molecular formula is C13H16ClNO3S. The van der Waals surface area contributed by atoms with Gasteiger partial charge < -0.3 is 4.90 Å². The molecule has 1 amide bonds. The molecule has 1 heterocycles.